The monoisotopic (exact) mass is 520 g/mol. The molecule has 1 atom stereocenters. The van der Waals surface area contributed by atoms with Crippen LogP contribution in [0.4, 0.5) is 0 Å². The van der Waals surface area contributed by atoms with Crippen LogP contribution in [0.25, 0.3) is 0 Å². The molecule has 0 radical (unpaired) electrons. The van der Waals surface area contributed by atoms with Crippen LogP contribution >= 0.6 is 24.0 Å². The summed E-state index contributed by atoms with van der Waals surface area (Å²) < 4.78 is 11.3. The Morgan fingerprint density at radius 2 is 1.76 bits per heavy atom. The summed E-state index contributed by atoms with van der Waals surface area (Å²) in [5, 5.41) is 9.47. The molecule has 0 spiro atoms. The lowest BCUT2D eigenvalue weighted by Crippen LogP contribution is -2.39. The maximum Gasteiger partial charge on any atom is 0.221 e. The number of guanidine groups is 1. The Labute approximate surface area is 192 Å². The van der Waals surface area contributed by atoms with Crippen molar-refractivity contribution in [1.82, 2.24) is 16.0 Å². The van der Waals surface area contributed by atoms with E-state index in [1.165, 1.54) is 0 Å². The van der Waals surface area contributed by atoms with Gasteiger partial charge >= 0.3 is 0 Å². The lowest BCUT2D eigenvalue weighted by Gasteiger charge is -2.20. The molecule has 29 heavy (non-hydrogen) atoms. The second-order valence-corrected chi connectivity index (χ2v) is 6.30. The fourth-order valence-electron chi connectivity index (χ4n) is 2.57. The standard InChI is InChI=1S/C21H36N4O3.HI/c1-6-13-23-20(26)12-14-24-21(22-7-2)25-16(5)17-10-11-18(27-8-3)19(15-17)28-9-4;/h10-11,15-16H,6-9,12-14H2,1-5H3,(H,23,26)(H2,22,24,25);1H. The van der Waals surface area contributed by atoms with Crippen molar-refractivity contribution >= 4 is 35.8 Å². The van der Waals surface area contributed by atoms with E-state index >= 15 is 0 Å². The van der Waals surface area contributed by atoms with Crippen LogP contribution in [0.3, 0.4) is 0 Å². The Kier molecular flexibility index (Phi) is 15.2. The molecule has 0 heterocycles. The Morgan fingerprint density at radius 3 is 2.38 bits per heavy atom. The Bertz CT molecular complexity index is 626. The molecule has 0 fully saturated rings. The molecule has 7 nitrogen and oxygen atoms in total. The number of carbonyl (C=O) groups is 1. The predicted molar refractivity (Wildman–Crippen MR) is 130 cm³/mol. The fraction of sp³-hybridized carbons (Fsp3) is 0.619. The van der Waals surface area contributed by atoms with Gasteiger partial charge in [-0.15, -0.1) is 24.0 Å². The molecule has 1 rings (SSSR count). The number of hydrogen-bond acceptors (Lipinski definition) is 4. The van der Waals surface area contributed by atoms with Crippen LogP contribution in [0.1, 0.15) is 59.1 Å². The van der Waals surface area contributed by atoms with Gasteiger partial charge in [0.15, 0.2) is 17.5 Å². The van der Waals surface area contributed by atoms with Crippen molar-refractivity contribution in [1.29, 1.82) is 0 Å². The number of benzene rings is 1. The lowest BCUT2D eigenvalue weighted by atomic mass is 10.1. The summed E-state index contributed by atoms with van der Waals surface area (Å²) in [5.74, 6) is 2.21. The Morgan fingerprint density at radius 1 is 1.07 bits per heavy atom. The molecule has 0 bridgehead atoms. The van der Waals surface area contributed by atoms with Crippen LogP contribution in [0.5, 0.6) is 11.5 Å². The molecule has 0 aliphatic heterocycles. The van der Waals surface area contributed by atoms with Gasteiger partial charge in [-0.1, -0.05) is 13.0 Å². The number of nitrogens with zero attached hydrogens (tertiary/aromatic N) is 1. The topological polar surface area (TPSA) is 84.0 Å². The van der Waals surface area contributed by atoms with E-state index in [1.807, 2.05) is 45.9 Å². The Hall–Kier alpha value is -1.71. The summed E-state index contributed by atoms with van der Waals surface area (Å²) in [7, 11) is 0. The largest absolute Gasteiger partial charge is 0.490 e. The quantitative estimate of drug-likeness (QED) is 0.223. The first-order valence-corrected chi connectivity index (χ1v) is 10.3. The first-order valence-electron chi connectivity index (χ1n) is 10.3. The van der Waals surface area contributed by atoms with Gasteiger partial charge in [0.05, 0.1) is 25.8 Å². The molecule has 166 valence electrons. The van der Waals surface area contributed by atoms with Crippen LogP contribution in [0, 0.1) is 0 Å². The van der Waals surface area contributed by atoms with Crippen LogP contribution < -0.4 is 25.4 Å². The summed E-state index contributed by atoms with van der Waals surface area (Å²) in [5.41, 5.74) is 1.07. The second-order valence-electron chi connectivity index (χ2n) is 6.30. The highest BCUT2D eigenvalue weighted by Gasteiger charge is 2.12. The van der Waals surface area contributed by atoms with Crippen molar-refractivity contribution in [2.45, 2.75) is 53.5 Å². The maximum absolute atomic E-state index is 11.7. The molecule has 8 heteroatoms. The molecule has 0 aliphatic carbocycles. The number of amides is 1. The third-order valence-electron chi connectivity index (χ3n) is 3.95. The first kappa shape index (κ1) is 27.3. The number of halogens is 1. The normalized spacial score (nSPS) is 11.8. The smallest absolute Gasteiger partial charge is 0.221 e. The van der Waals surface area contributed by atoms with Crippen LogP contribution in [0.15, 0.2) is 23.2 Å². The zero-order valence-corrected chi connectivity index (χ0v) is 20.7. The minimum Gasteiger partial charge on any atom is -0.490 e. The van der Waals surface area contributed by atoms with Gasteiger partial charge in [-0.2, -0.15) is 0 Å². The SMILES string of the molecule is CCCNC(=O)CCN=C(NCC)NC(C)c1ccc(OCC)c(OCC)c1.I. The van der Waals surface area contributed by atoms with E-state index in [-0.39, 0.29) is 35.9 Å². The van der Waals surface area contributed by atoms with Gasteiger partial charge in [-0.3, -0.25) is 9.79 Å². The molecule has 1 unspecified atom stereocenters. The van der Waals surface area contributed by atoms with E-state index in [4.69, 9.17) is 9.47 Å². The summed E-state index contributed by atoms with van der Waals surface area (Å²) >= 11 is 0. The van der Waals surface area contributed by atoms with E-state index < -0.39 is 0 Å². The number of aliphatic imine (C=N–C) groups is 1. The molecule has 1 amide bonds. The molecule has 0 saturated heterocycles. The van der Waals surface area contributed by atoms with Crippen LogP contribution in [-0.2, 0) is 4.79 Å². The molecule has 1 aromatic carbocycles. The van der Waals surface area contributed by atoms with Gasteiger partial charge in [0.2, 0.25) is 5.91 Å². The summed E-state index contributed by atoms with van der Waals surface area (Å²) in [6, 6.07) is 5.96. The van der Waals surface area contributed by atoms with E-state index in [1.54, 1.807) is 0 Å². The van der Waals surface area contributed by atoms with Gasteiger partial charge in [0.1, 0.15) is 0 Å². The molecule has 0 saturated carbocycles. The molecular formula is C21H37IN4O3. The number of ether oxygens (including phenoxy) is 2. The first-order chi connectivity index (χ1) is 13.5. The van der Waals surface area contributed by atoms with E-state index in [9.17, 15) is 4.79 Å². The van der Waals surface area contributed by atoms with Crippen LogP contribution in [-0.4, -0.2) is 44.7 Å². The van der Waals surface area contributed by atoms with E-state index in [0.717, 1.165) is 30.0 Å². The molecular weight excluding hydrogens is 483 g/mol. The van der Waals surface area contributed by atoms with Gasteiger partial charge in [-0.05, 0) is 51.8 Å². The van der Waals surface area contributed by atoms with Crippen LogP contribution in [0.2, 0.25) is 0 Å². The number of hydrogen-bond donors (Lipinski definition) is 3. The highest BCUT2D eigenvalue weighted by atomic mass is 127. The summed E-state index contributed by atoms with van der Waals surface area (Å²) in [6.45, 7) is 13.1. The third-order valence-corrected chi connectivity index (χ3v) is 3.95. The minimum absolute atomic E-state index is 0. The van der Waals surface area contributed by atoms with Gasteiger partial charge in [0, 0.05) is 19.5 Å². The average molecular weight is 520 g/mol. The highest BCUT2D eigenvalue weighted by Crippen LogP contribution is 2.30. The lowest BCUT2D eigenvalue weighted by molar-refractivity contribution is -0.120. The van der Waals surface area contributed by atoms with Crippen molar-refractivity contribution in [2.75, 3.05) is 32.8 Å². The van der Waals surface area contributed by atoms with Crippen molar-refractivity contribution in [2.24, 2.45) is 4.99 Å². The number of nitrogens with one attached hydrogen (secondary N) is 3. The van der Waals surface area contributed by atoms with Crippen molar-refractivity contribution in [3.05, 3.63) is 23.8 Å². The Balaban J connectivity index is 0.00000784. The zero-order chi connectivity index (χ0) is 20.8. The molecule has 3 N–H and O–H groups in total. The van der Waals surface area contributed by atoms with E-state index in [2.05, 4.69) is 27.9 Å². The zero-order valence-electron chi connectivity index (χ0n) is 18.3. The summed E-state index contributed by atoms with van der Waals surface area (Å²) in [6.07, 6.45) is 1.31. The molecule has 0 aromatic heterocycles. The average Bonchev–Trinajstić information content (AvgIpc) is 2.68. The van der Waals surface area contributed by atoms with Crippen molar-refractivity contribution in [3.63, 3.8) is 0 Å². The fourth-order valence-corrected chi connectivity index (χ4v) is 2.57. The predicted octanol–water partition coefficient (Wildman–Crippen LogP) is 3.63. The highest BCUT2D eigenvalue weighted by molar-refractivity contribution is 14.0. The third kappa shape index (κ3) is 10.6. The second kappa shape index (κ2) is 16.1. The van der Waals surface area contributed by atoms with E-state index in [0.29, 0.717) is 38.7 Å². The van der Waals surface area contributed by atoms with Gasteiger partial charge in [0.25, 0.3) is 0 Å². The number of rotatable bonds is 12. The molecule has 0 aliphatic rings. The molecule has 1 aromatic rings. The minimum atomic E-state index is 0. The number of carbonyl (C=O) groups excluding carboxylic acids is 1. The van der Waals surface area contributed by atoms with Crippen molar-refractivity contribution in [3.8, 4) is 11.5 Å². The maximum atomic E-state index is 11.7. The van der Waals surface area contributed by atoms with Gasteiger partial charge < -0.3 is 25.4 Å². The van der Waals surface area contributed by atoms with Gasteiger partial charge in [-0.25, -0.2) is 0 Å². The summed E-state index contributed by atoms with van der Waals surface area (Å²) in [4.78, 5) is 16.2. The van der Waals surface area contributed by atoms with Crippen molar-refractivity contribution < 1.29 is 14.3 Å².